The van der Waals surface area contributed by atoms with E-state index in [1.54, 1.807) is 18.0 Å². The zero-order valence-corrected chi connectivity index (χ0v) is 18.7. The third kappa shape index (κ3) is 4.25. The van der Waals surface area contributed by atoms with Gasteiger partial charge in [0.1, 0.15) is 0 Å². The Morgan fingerprint density at radius 3 is 2.69 bits per heavy atom. The number of hydrogen-bond donors (Lipinski definition) is 3. The van der Waals surface area contributed by atoms with Crippen molar-refractivity contribution >= 4 is 17.9 Å². The van der Waals surface area contributed by atoms with Crippen molar-refractivity contribution in [2.24, 2.45) is 0 Å². The normalized spacial score (nSPS) is 20.1. The molecule has 9 heteroatoms. The first-order valence-electron chi connectivity index (χ1n) is 10.9. The number of nitrogens with zero attached hydrogens (tertiary/aromatic N) is 4. The molecule has 0 unspecified atom stereocenters. The molecule has 1 saturated heterocycles. The van der Waals surface area contributed by atoms with Crippen LogP contribution in [0.4, 0.5) is 10.7 Å². The fraction of sp³-hybridized carbons (Fsp3) is 0.478. The van der Waals surface area contributed by atoms with E-state index in [2.05, 4.69) is 20.6 Å². The van der Waals surface area contributed by atoms with Crippen molar-refractivity contribution in [1.29, 1.82) is 0 Å². The lowest BCUT2D eigenvalue weighted by atomic mass is 9.97. The average molecular weight is 439 g/mol. The van der Waals surface area contributed by atoms with Crippen LogP contribution < -0.4 is 10.6 Å². The van der Waals surface area contributed by atoms with E-state index in [1.165, 1.54) is 0 Å². The van der Waals surface area contributed by atoms with Crippen molar-refractivity contribution in [1.82, 2.24) is 25.1 Å². The van der Waals surface area contributed by atoms with Gasteiger partial charge in [0.15, 0.2) is 0 Å². The zero-order valence-electron chi connectivity index (χ0n) is 18.7. The highest BCUT2D eigenvalue weighted by molar-refractivity contribution is 5.77. The number of fused-ring (bicyclic) bond motifs is 1. The number of rotatable bonds is 5. The largest absolute Gasteiger partial charge is 0.394 e. The second-order valence-electron chi connectivity index (χ2n) is 8.89. The molecule has 170 valence electrons. The van der Waals surface area contributed by atoms with E-state index < -0.39 is 11.6 Å². The van der Waals surface area contributed by atoms with Crippen molar-refractivity contribution in [3.05, 3.63) is 53.3 Å². The molecular formula is C23H30N6O3. The Morgan fingerprint density at radius 1 is 1.28 bits per heavy atom. The second-order valence-corrected chi connectivity index (χ2v) is 8.89. The van der Waals surface area contributed by atoms with E-state index in [4.69, 9.17) is 0 Å². The van der Waals surface area contributed by atoms with Crippen LogP contribution in [0.2, 0.25) is 0 Å². The van der Waals surface area contributed by atoms with Crippen LogP contribution in [0.1, 0.15) is 50.1 Å². The summed E-state index contributed by atoms with van der Waals surface area (Å²) in [5.41, 5.74) is 1.95. The number of hydrogen-bond acceptors (Lipinski definition) is 6. The van der Waals surface area contributed by atoms with E-state index >= 15 is 0 Å². The molecule has 2 aliphatic heterocycles. The van der Waals surface area contributed by atoms with Gasteiger partial charge in [-0.25, -0.2) is 14.8 Å². The van der Waals surface area contributed by atoms with Crippen LogP contribution in [-0.2, 0) is 16.9 Å². The summed E-state index contributed by atoms with van der Waals surface area (Å²) in [5, 5.41) is 16.1. The number of nitrogens with one attached hydrogen (secondary N) is 2. The minimum absolute atomic E-state index is 0.0734. The summed E-state index contributed by atoms with van der Waals surface area (Å²) < 4.78 is 0. The number of aliphatic hydroxyl groups excluding tert-OH is 1. The number of amides is 3. The number of aromatic nitrogens is 2. The van der Waals surface area contributed by atoms with Crippen LogP contribution in [0.3, 0.4) is 0 Å². The number of likely N-dealkylation sites (tertiary alicyclic amines) is 1. The molecule has 3 heterocycles. The number of aliphatic hydroxyl groups is 1. The molecule has 9 nitrogen and oxygen atoms in total. The van der Waals surface area contributed by atoms with Crippen LogP contribution in [-0.4, -0.2) is 62.6 Å². The summed E-state index contributed by atoms with van der Waals surface area (Å²) in [5.74, 6) is 0.582. The van der Waals surface area contributed by atoms with Crippen molar-refractivity contribution in [2.75, 3.05) is 25.0 Å². The molecule has 2 atom stereocenters. The Balaban J connectivity index is 1.46. The maximum Gasteiger partial charge on any atom is 0.319 e. The van der Waals surface area contributed by atoms with Gasteiger partial charge in [0.05, 0.1) is 30.4 Å². The number of benzene rings is 1. The van der Waals surface area contributed by atoms with Crippen LogP contribution in [0.25, 0.3) is 0 Å². The van der Waals surface area contributed by atoms with E-state index in [0.29, 0.717) is 19.0 Å². The summed E-state index contributed by atoms with van der Waals surface area (Å²) in [6.07, 6.45) is 2.62. The van der Waals surface area contributed by atoms with Crippen molar-refractivity contribution in [3.63, 3.8) is 0 Å². The lowest BCUT2D eigenvalue weighted by Crippen LogP contribution is -2.47. The van der Waals surface area contributed by atoms with E-state index in [1.807, 2.05) is 49.1 Å². The molecule has 3 amide bonds. The van der Waals surface area contributed by atoms with Crippen LogP contribution in [0.15, 0.2) is 36.5 Å². The van der Waals surface area contributed by atoms with Crippen molar-refractivity contribution < 1.29 is 14.7 Å². The summed E-state index contributed by atoms with van der Waals surface area (Å²) in [6.45, 7) is 7.03. The topological polar surface area (TPSA) is 111 Å². The van der Waals surface area contributed by atoms with Gasteiger partial charge in [0.2, 0.25) is 11.9 Å². The smallest absolute Gasteiger partial charge is 0.319 e. The van der Waals surface area contributed by atoms with Gasteiger partial charge in [-0.3, -0.25) is 4.79 Å². The fourth-order valence-electron chi connectivity index (χ4n) is 4.43. The lowest BCUT2D eigenvalue weighted by Gasteiger charge is -2.33. The first-order valence-corrected chi connectivity index (χ1v) is 10.9. The zero-order chi connectivity index (χ0) is 22.9. The molecule has 0 radical (unpaired) electrons. The summed E-state index contributed by atoms with van der Waals surface area (Å²) in [7, 11) is 0. The minimum atomic E-state index is -0.590. The van der Waals surface area contributed by atoms with Gasteiger partial charge in [-0.05, 0) is 25.8 Å². The second kappa shape index (κ2) is 8.74. The molecule has 3 N–H and O–H groups in total. The highest BCUT2D eigenvalue weighted by atomic mass is 16.3. The molecular weight excluding hydrogens is 408 g/mol. The Hall–Kier alpha value is -3.20. The molecule has 0 bridgehead atoms. The maximum absolute atomic E-state index is 13.1. The minimum Gasteiger partial charge on any atom is -0.394 e. The molecule has 4 rings (SSSR count). The summed E-state index contributed by atoms with van der Waals surface area (Å²) >= 11 is 0. The monoisotopic (exact) mass is 438 g/mol. The molecule has 2 aliphatic rings. The van der Waals surface area contributed by atoms with Crippen LogP contribution >= 0.6 is 0 Å². The third-order valence-corrected chi connectivity index (χ3v) is 6.40. The summed E-state index contributed by atoms with van der Waals surface area (Å²) in [6, 6.07) is 8.77. The molecule has 1 fully saturated rings. The molecule has 0 saturated carbocycles. The SMILES string of the molecule is CC(=O)N1CC[C@H](Nc2ncc3c(n2)CN(C(=O)N[C@H](CO)c2ccccc2)C3(C)C)C1. The predicted octanol–water partition coefficient (Wildman–Crippen LogP) is 2.00. The Kier molecular flexibility index (Phi) is 6.01. The van der Waals surface area contributed by atoms with Gasteiger partial charge < -0.3 is 25.5 Å². The van der Waals surface area contributed by atoms with Gasteiger partial charge in [-0.2, -0.15) is 0 Å². The first kappa shape index (κ1) is 22.0. The molecule has 0 spiro atoms. The predicted molar refractivity (Wildman–Crippen MR) is 120 cm³/mol. The fourth-order valence-corrected chi connectivity index (χ4v) is 4.43. The Morgan fingerprint density at radius 2 is 2.03 bits per heavy atom. The van der Waals surface area contributed by atoms with Gasteiger partial charge in [0.25, 0.3) is 0 Å². The van der Waals surface area contributed by atoms with Crippen molar-refractivity contribution in [3.8, 4) is 0 Å². The number of urea groups is 1. The summed E-state index contributed by atoms with van der Waals surface area (Å²) in [4.78, 5) is 37.4. The van der Waals surface area contributed by atoms with Gasteiger partial charge in [-0.15, -0.1) is 0 Å². The van der Waals surface area contributed by atoms with Gasteiger partial charge in [0, 0.05) is 37.8 Å². The Labute approximate surface area is 187 Å². The number of anilines is 1. The maximum atomic E-state index is 13.1. The van der Waals surface area contributed by atoms with E-state index in [9.17, 15) is 14.7 Å². The average Bonchev–Trinajstić information content (AvgIpc) is 3.34. The van der Waals surface area contributed by atoms with Gasteiger partial charge >= 0.3 is 6.03 Å². The molecule has 2 aromatic rings. The van der Waals surface area contributed by atoms with E-state index in [0.717, 1.165) is 29.8 Å². The quantitative estimate of drug-likeness (QED) is 0.659. The lowest BCUT2D eigenvalue weighted by molar-refractivity contribution is -0.127. The standard InChI is InChI=1S/C23H30N6O3/c1-15(31)28-10-9-17(12-28)25-21-24-11-18-19(26-21)13-29(23(18,2)3)22(32)27-20(14-30)16-7-5-4-6-8-16/h4-8,11,17,20,30H,9-10,12-14H2,1-3H3,(H,27,32)(H,24,25,26)/t17-,20+/m0/s1. The van der Waals surface area contributed by atoms with Gasteiger partial charge in [-0.1, -0.05) is 30.3 Å². The molecule has 1 aromatic carbocycles. The molecule has 1 aromatic heterocycles. The Bertz CT molecular complexity index is 996. The van der Waals surface area contributed by atoms with Crippen LogP contribution in [0, 0.1) is 0 Å². The molecule has 0 aliphatic carbocycles. The first-order chi connectivity index (χ1) is 15.3. The third-order valence-electron chi connectivity index (χ3n) is 6.40. The highest BCUT2D eigenvalue weighted by Gasteiger charge is 2.42. The van der Waals surface area contributed by atoms with Crippen molar-refractivity contribution in [2.45, 2.75) is 51.4 Å². The van der Waals surface area contributed by atoms with Crippen LogP contribution in [0.5, 0.6) is 0 Å². The number of carbonyl (C=O) groups excluding carboxylic acids is 2. The highest BCUT2D eigenvalue weighted by Crippen LogP contribution is 2.38. The molecule has 32 heavy (non-hydrogen) atoms. The number of carbonyl (C=O) groups is 2. The van der Waals surface area contributed by atoms with E-state index in [-0.39, 0.29) is 24.6 Å².